The van der Waals surface area contributed by atoms with Crippen molar-refractivity contribution in [2.45, 2.75) is 38.9 Å². The molecule has 5 heteroatoms. The van der Waals surface area contributed by atoms with Gasteiger partial charge in [0.1, 0.15) is 0 Å². The van der Waals surface area contributed by atoms with E-state index >= 15 is 0 Å². The third-order valence-corrected chi connectivity index (χ3v) is 8.17. The Morgan fingerprint density at radius 2 is 1.25 bits per heavy atom. The van der Waals surface area contributed by atoms with E-state index in [0.29, 0.717) is 0 Å². The van der Waals surface area contributed by atoms with Gasteiger partial charge in [0.25, 0.3) is 5.56 Å². The summed E-state index contributed by atoms with van der Waals surface area (Å²) in [5.74, 6) is 0. The summed E-state index contributed by atoms with van der Waals surface area (Å²) in [4.78, 5) is 13.7. The zero-order chi connectivity index (χ0) is 24.8. The predicted octanol–water partition coefficient (Wildman–Crippen LogP) is 6.16. The minimum Gasteiger partial charge on any atom is -0.399 e. The smallest absolute Gasteiger partial charge is 0.399 e. The van der Waals surface area contributed by atoms with Crippen LogP contribution in [0.4, 0.5) is 0 Å². The van der Waals surface area contributed by atoms with Crippen LogP contribution in [-0.4, -0.2) is 22.7 Å². The average Bonchev–Trinajstić information content (AvgIpc) is 3.32. The molecule has 3 heterocycles. The van der Waals surface area contributed by atoms with Crippen molar-refractivity contribution in [2.24, 2.45) is 0 Å². The van der Waals surface area contributed by atoms with Crippen LogP contribution in [0.1, 0.15) is 27.7 Å². The first kappa shape index (κ1) is 21.6. The molecule has 0 amide bonds. The minimum absolute atomic E-state index is 0.00828. The maximum Gasteiger partial charge on any atom is 0.494 e. The van der Waals surface area contributed by atoms with Crippen LogP contribution in [0.5, 0.6) is 0 Å². The number of nitrogens with zero attached hydrogens (tertiary/aromatic N) is 1. The molecule has 7 rings (SSSR count). The summed E-state index contributed by atoms with van der Waals surface area (Å²) in [5, 5.41) is 4.87. The minimum atomic E-state index is -0.465. The number of hydrogen-bond acceptors (Lipinski definition) is 3. The van der Waals surface area contributed by atoms with Gasteiger partial charge in [-0.2, -0.15) is 0 Å². The van der Waals surface area contributed by atoms with Gasteiger partial charge in [-0.1, -0.05) is 60.7 Å². The largest absolute Gasteiger partial charge is 0.494 e. The van der Waals surface area contributed by atoms with Crippen molar-refractivity contribution in [3.63, 3.8) is 0 Å². The van der Waals surface area contributed by atoms with Crippen LogP contribution in [0.3, 0.4) is 0 Å². The van der Waals surface area contributed by atoms with Gasteiger partial charge in [0, 0.05) is 21.5 Å². The maximum absolute atomic E-state index is 13.7. The number of benzene rings is 4. The average molecular weight is 471 g/mol. The van der Waals surface area contributed by atoms with Gasteiger partial charge >= 0.3 is 7.12 Å². The van der Waals surface area contributed by atoms with Gasteiger partial charge in [0.05, 0.1) is 22.2 Å². The van der Waals surface area contributed by atoms with E-state index < -0.39 is 18.3 Å². The number of rotatable bonds is 2. The zero-order valence-electron chi connectivity index (χ0n) is 20.8. The Morgan fingerprint density at radius 3 is 1.94 bits per heavy atom. The maximum atomic E-state index is 13.7. The molecule has 176 valence electrons. The Balaban J connectivity index is 1.59. The first-order valence-electron chi connectivity index (χ1n) is 12.4. The fourth-order valence-corrected chi connectivity index (χ4v) is 5.53. The third-order valence-electron chi connectivity index (χ3n) is 8.17. The molecule has 4 aromatic carbocycles. The first-order valence-corrected chi connectivity index (χ1v) is 12.4. The lowest BCUT2D eigenvalue weighted by atomic mass is 9.78. The predicted molar refractivity (Wildman–Crippen MR) is 149 cm³/mol. The Kier molecular flexibility index (Phi) is 4.31. The highest BCUT2D eigenvalue weighted by Gasteiger charge is 2.51. The quantitative estimate of drug-likeness (QED) is 0.224. The molecule has 2 aromatic heterocycles. The van der Waals surface area contributed by atoms with Gasteiger partial charge in [-0.05, 0) is 73.9 Å². The van der Waals surface area contributed by atoms with Crippen molar-refractivity contribution in [3.05, 3.63) is 95.3 Å². The Morgan fingerprint density at radius 1 is 0.639 bits per heavy atom. The van der Waals surface area contributed by atoms with E-state index in [1.54, 1.807) is 0 Å². The van der Waals surface area contributed by atoms with E-state index in [2.05, 4.69) is 70.2 Å². The highest BCUT2D eigenvalue weighted by atomic mass is 16.7. The van der Waals surface area contributed by atoms with Crippen molar-refractivity contribution in [3.8, 4) is 11.1 Å². The second kappa shape index (κ2) is 7.19. The molecule has 1 saturated heterocycles. The molecule has 1 fully saturated rings. The molecule has 6 aromatic rings. The Hall–Kier alpha value is -3.67. The van der Waals surface area contributed by atoms with Crippen molar-refractivity contribution < 1.29 is 9.31 Å². The van der Waals surface area contributed by atoms with E-state index in [1.165, 1.54) is 0 Å². The first-order chi connectivity index (χ1) is 17.2. The van der Waals surface area contributed by atoms with E-state index in [4.69, 9.17) is 9.31 Å². The van der Waals surface area contributed by atoms with Crippen molar-refractivity contribution in [1.29, 1.82) is 0 Å². The standard InChI is InChI=1S/C31H26BNO3/c1-30(2)31(3,4)36-32(35-30)21-14-15-27-24(18-21)26-17-20(19-10-6-5-7-11-19)16-25-22-12-8-9-13-23(22)29(34)33(27)28(25)26/h5-18H,1-4H3. The summed E-state index contributed by atoms with van der Waals surface area (Å²) in [7, 11) is -0.465. The summed E-state index contributed by atoms with van der Waals surface area (Å²) in [6, 6.07) is 28.9. The topological polar surface area (TPSA) is 39.9 Å². The molecule has 1 aliphatic heterocycles. The second-order valence-corrected chi connectivity index (χ2v) is 10.8. The van der Waals surface area contributed by atoms with Crippen LogP contribution >= 0.6 is 0 Å². The summed E-state index contributed by atoms with van der Waals surface area (Å²) in [6.45, 7) is 8.25. The van der Waals surface area contributed by atoms with Crippen LogP contribution in [0, 0.1) is 0 Å². The number of aromatic nitrogens is 1. The Bertz CT molecular complexity index is 1850. The molecule has 0 aliphatic carbocycles. The molecule has 0 N–H and O–H groups in total. The molecule has 1 aliphatic rings. The van der Waals surface area contributed by atoms with Gasteiger partial charge in [-0.15, -0.1) is 0 Å². The molecular weight excluding hydrogens is 445 g/mol. The van der Waals surface area contributed by atoms with E-state index in [9.17, 15) is 4.79 Å². The third kappa shape index (κ3) is 2.87. The lowest BCUT2D eigenvalue weighted by molar-refractivity contribution is 0.00578. The molecule has 0 atom stereocenters. The zero-order valence-corrected chi connectivity index (χ0v) is 20.8. The summed E-state index contributed by atoms with van der Waals surface area (Å²) >= 11 is 0. The number of pyridine rings is 1. The van der Waals surface area contributed by atoms with Gasteiger partial charge in [-0.3, -0.25) is 9.20 Å². The van der Waals surface area contributed by atoms with Crippen molar-refractivity contribution in [2.75, 3.05) is 0 Å². The SMILES string of the molecule is CC1(C)OB(c2ccc3c(c2)c2cc(-c4ccccc4)cc4c5ccccc5c(=O)n3c42)OC1(C)C. The van der Waals surface area contributed by atoms with Gasteiger partial charge in [-0.25, -0.2) is 0 Å². The van der Waals surface area contributed by atoms with Crippen LogP contribution in [0.15, 0.2) is 89.7 Å². The second-order valence-electron chi connectivity index (χ2n) is 10.8. The van der Waals surface area contributed by atoms with E-state index in [-0.39, 0.29) is 5.56 Å². The molecular formula is C31H26BNO3. The molecule has 0 radical (unpaired) electrons. The van der Waals surface area contributed by atoms with E-state index in [1.807, 2.05) is 46.9 Å². The molecule has 4 nitrogen and oxygen atoms in total. The lowest BCUT2D eigenvalue weighted by Gasteiger charge is -2.32. The van der Waals surface area contributed by atoms with Gasteiger partial charge in [0.15, 0.2) is 0 Å². The van der Waals surface area contributed by atoms with Crippen LogP contribution < -0.4 is 11.0 Å². The van der Waals surface area contributed by atoms with Gasteiger partial charge < -0.3 is 9.31 Å². The molecule has 0 bridgehead atoms. The van der Waals surface area contributed by atoms with Crippen LogP contribution in [0.2, 0.25) is 0 Å². The molecule has 36 heavy (non-hydrogen) atoms. The summed E-state index contributed by atoms with van der Waals surface area (Å²) in [5.41, 5.74) is 4.25. The number of fused-ring (bicyclic) bond motifs is 5. The fourth-order valence-electron chi connectivity index (χ4n) is 5.53. The molecule has 0 unspecified atom stereocenters. The monoisotopic (exact) mass is 471 g/mol. The summed E-state index contributed by atoms with van der Waals surface area (Å²) < 4.78 is 14.6. The summed E-state index contributed by atoms with van der Waals surface area (Å²) in [6.07, 6.45) is 0. The van der Waals surface area contributed by atoms with Gasteiger partial charge in [0.2, 0.25) is 0 Å². The Labute approximate surface area is 209 Å². The molecule has 0 saturated carbocycles. The lowest BCUT2D eigenvalue weighted by Crippen LogP contribution is -2.41. The van der Waals surface area contributed by atoms with Crippen LogP contribution in [-0.2, 0) is 9.31 Å². The molecule has 0 spiro atoms. The highest BCUT2D eigenvalue weighted by molar-refractivity contribution is 6.62. The van der Waals surface area contributed by atoms with E-state index in [0.717, 1.165) is 54.6 Å². The fraction of sp³-hybridized carbons (Fsp3) is 0.194. The highest BCUT2D eigenvalue weighted by Crippen LogP contribution is 2.39. The number of hydrogen-bond donors (Lipinski definition) is 0. The van der Waals surface area contributed by atoms with Crippen molar-refractivity contribution >= 4 is 50.5 Å². The normalized spacial score (nSPS) is 17.2. The van der Waals surface area contributed by atoms with Crippen LogP contribution in [0.25, 0.3) is 49.1 Å². The van der Waals surface area contributed by atoms with Crippen molar-refractivity contribution in [1.82, 2.24) is 4.40 Å².